The molecule has 1 aromatic heterocycles. The lowest BCUT2D eigenvalue weighted by Crippen LogP contribution is -2.25. The fourth-order valence-corrected chi connectivity index (χ4v) is 1.54. The molecule has 0 fully saturated rings. The van der Waals surface area contributed by atoms with E-state index in [9.17, 15) is 9.59 Å². The molecule has 0 saturated heterocycles. The first-order valence-electron chi connectivity index (χ1n) is 7.62. The van der Waals surface area contributed by atoms with Gasteiger partial charge in [0.1, 0.15) is 5.69 Å². The van der Waals surface area contributed by atoms with Crippen molar-refractivity contribution in [1.82, 2.24) is 4.57 Å². The van der Waals surface area contributed by atoms with Gasteiger partial charge in [-0.05, 0) is 25.0 Å². The van der Waals surface area contributed by atoms with Crippen molar-refractivity contribution >= 4 is 17.8 Å². The summed E-state index contributed by atoms with van der Waals surface area (Å²) in [6.45, 7) is 8.00. The van der Waals surface area contributed by atoms with Crippen LogP contribution in [0.1, 0.15) is 46.1 Å². The average molecular weight is 305 g/mol. The fourth-order valence-electron chi connectivity index (χ4n) is 1.54. The van der Waals surface area contributed by atoms with Crippen molar-refractivity contribution in [2.75, 3.05) is 5.32 Å². The molecule has 0 atom stereocenters. The minimum absolute atomic E-state index is 0.221. The van der Waals surface area contributed by atoms with Crippen molar-refractivity contribution in [3.63, 3.8) is 0 Å². The van der Waals surface area contributed by atoms with E-state index < -0.39 is 5.91 Å². The number of carbonyl (C=O) groups excluding carboxylic acids is 1. The molecule has 1 heterocycles. The van der Waals surface area contributed by atoms with Gasteiger partial charge in [-0.3, -0.25) is 9.59 Å². The van der Waals surface area contributed by atoms with E-state index in [4.69, 9.17) is 5.41 Å². The van der Waals surface area contributed by atoms with Gasteiger partial charge in [-0.2, -0.15) is 0 Å². The zero-order valence-corrected chi connectivity index (χ0v) is 14.2. The van der Waals surface area contributed by atoms with Crippen LogP contribution < -0.4 is 10.9 Å². The quantitative estimate of drug-likeness (QED) is 0.647. The molecule has 1 aromatic rings. The zero-order valence-electron chi connectivity index (χ0n) is 14.2. The number of allylic oxidation sites excluding steroid dienone is 1. The number of rotatable bonds is 5. The number of nitrogens with one attached hydrogen (secondary N) is 2. The standard InChI is InChI=1S/C13H17N3O2.C4H10/c1-4-9-6-11(13(18)16(3)8-9)15-12(17)10(5-2)7-14;1-3-4-2/h5-8,14H,4H2,1-3H3,(H,15,17);3-4H2,1-2H3/b10-5+,14-7?;. The van der Waals surface area contributed by atoms with E-state index in [1.54, 1.807) is 26.2 Å². The van der Waals surface area contributed by atoms with Gasteiger partial charge in [0.2, 0.25) is 0 Å². The van der Waals surface area contributed by atoms with Crippen LogP contribution >= 0.6 is 0 Å². The molecule has 0 aliphatic heterocycles. The Morgan fingerprint density at radius 2 is 1.91 bits per heavy atom. The maximum atomic E-state index is 11.8. The predicted octanol–water partition coefficient (Wildman–Crippen LogP) is 3.29. The van der Waals surface area contributed by atoms with Gasteiger partial charge in [0.25, 0.3) is 11.5 Å². The summed E-state index contributed by atoms with van der Waals surface area (Å²) in [6.07, 6.45) is 7.64. The first kappa shape index (κ1) is 19.8. The van der Waals surface area contributed by atoms with Crippen LogP contribution in [0.15, 0.2) is 28.7 Å². The zero-order chi connectivity index (χ0) is 17.1. The summed E-state index contributed by atoms with van der Waals surface area (Å²) in [5.74, 6) is -0.446. The predicted molar refractivity (Wildman–Crippen MR) is 92.8 cm³/mol. The molecule has 0 aliphatic carbocycles. The molecule has 0 radical (unpaired) electrons. The van der Waals surface area contributed by atoms with Crippen molar-refractivity contribution < 1.29 is 4.79 Å². The molecule has 5 nitrogen and oxygen atoms in total. The highest BCUT2D eigenvalue weighted by Gasteiger charge is 2.10. The van der Waals surface area contributed by atoms with Crippen LogP contribution in [0.3, 0.4) is 0 Å². The van der Waals surface area contributed by atoms with Crippen molar-refractivity contribution in [1.29, 1.82) is 5.41 Å². The Kier molecular flexibility index (Phi) is 9.50. The van der Waals surface area contributed by atoms with Gasteiger partial charge in [-0.1, -0.05) is 39.7 Å². The Morgan fingerprint density at radius 1 is 1.32 bits per heavy atom. The van der Waals surface area contributed by atoms with Crippen molar-refractivity contribution in [3.05, 3.63) is 39.8 Å². The molecule has 22 heavy (non-hydrogen) atoms. The Bertz CT molecular complexity index is 584. The summed E-state index contributed by atoms with van der Waals surface area (Å²) >= 11 is 0. The van der Waals surface area contributed by atoms with E-state index in [0.29, 0.717) is 0 Å². The third-order valence-corrected chi connectivity index (χ3v) is 3.13. The highest BCUT2D eigenvalue weighted by molar-refractivity contribution is 6.16. The van der Waals surface area contributed by atoms with Gasteiger partial charge < -0.3 is 15.3 Å². The largest absolute Gasteiger partial charge is 0.317 e. The second-order valence-electron chi connectivity index (χ2n) is 4.87. The number of carbonyl (C=O) groups is 1. The summed E-state index contributed by atoms with van der Waals surface area (Å²) in [4.78, 5) is 23.6. The van der Waals surface area contributed by atoms with Crippen LogP contribution in [0, 0.1) is 5.41 Å². The number of aryl methyl sites for hydroxylation is 2. The van der Waals surface area contributed by atoms with Gasteiger partial charge in [0.05, 0.1) is 5.57 Å². The Labute approximate surface area is 132 Å². The molecular formula is C17H27N3O2. The summed E-state index contributed by atoms with van der Waals surface area (Å²) in [5, 5.41) is 9.63. The fraction of sp³-hybridized carbons (Fsp3) is 0.471. The molecular weight excluding hydrogens is 278 g/mol. The lowest BCUT2D eigenvalue weighted by molar-refractivity contribution is -0.112. The number of amides is 1. The minimum Gasteiger partial charge on any atom is -0.317 e. The second-order valence-corrected chi connectivity index (χ2v) is 4.87. The number of pyridine rings is 1. The molecule has 0 bridgehead atoms. The summed E-state index contributed by atoms with van der Waals surface area (Å²) in [7, 11) is 1.64. The summed E-state index contributed by atoms with van der Waals surface area (Å²) in [6, 6.07) is 1.66. The van der Waals surface area contributed by atoms with E-state index in [1.807, 2.05) is 6.92 Å². The molecule has 5 heteroatoms. The van der Waals surface area contributed by atoms with Crippen LogP contribution in [0.4, 0.5) is 5.69 Å². The Hall–Kier alpha value is -2.17. The SMILES string of the molecule is C/C=C(\C=N)C(=O)Nc1cc(CC)cn(C)c1=O.CCCC. The number of hydrogen-bond acceptors (Lipinski definition) is 3. The summed E-state index contributed by atoms with van der Waals surface area (Å²) < 4.78 is 1.44. The summed E-state index contributed by atoms with van der Waals surface area (Å²) in [5.41, 5.74) is 1.16. The maximum Gasteiger partial charge on any atom is 0.274 e. The van der Waals surface area contributed by atoms with Crippen LogP contribution in [0.5, 0.6) is 0 Å². The van der Waals surface area contributed by atoms with E-state index in [-0.39, 0.29) is 16.8 Å². The number of unbranched alkanes of at least 4 members (excludes halogenated alkanes) is 1. The van der Waals surface area contributed by atoms with E-state index in [0.717, 1.165) is 18.2 Å². The van der Waals surface area contributed by atoms with Gasteiger partial charge in [-0.15, -0.1) is 0 Å². The highest BCUT2D eigenvalue weighted by atomic mass is 16.2. The topological polar surface area (TPSA) is 75.0 Å². The maximum absolute atomic E-state index is 11.8. The molecule has 0 unspecified atom stereocenters. The van der Waals surface area contributed by atoms with Gasteiger partial charge >= 0.3 is 0 Å². The average Bonchev–Trinajstić information content (AvgIpc) is 2.52. The number of hydrogen-bond donors (Lipinski definition) is 2. The minimum atomic E-state index is -0.446. The lowest BCUT2D eigenvalue weighted by atomic mass is 10.2. The molecule has 2 N–H and O–H groups in total. The second kappa shape index (κ2) is 10.5. The van der Waals surface area contributed by atoms with E-state index >= 15 is 0 Å². The molecule has 1 rings (SSSR count). The third-order valence-electron chi connectivity index (χ3n) is 3.13. The van der Waals surface area contributed by atoms with Gasteiger partial charge in [0.15, 0.2) is 0 Å². The Balaban J connectivity index is 0.000000980. The first-order chi connectivity index (χ1) is 10.4. The molecule has 0 spiro atoms. The van der Waals surface area contributed by atoms with Crippen molar-refractivity contribution in [2.24, 2.45) is 7.05 Å². The monoisotopic (exact) mass is 305 g/mol. The number of anilines is 1. The van der Waals surface area contributed by atoms with E-state index in [2.05, 4.69) is 19.2 Å². The van der Waals surface area contributed by atoms with E-state index in [1.165, 1.54) is 23.5 Å². The number of aromatic nitrogens is 1. The third kappa shape index (κ3) is 6.08. The number of nitrogens with zero attached hydrogens (tertiary/aromatic N) is 1. The lowest BCUT2D eigenvalue weighted by Gasteiger charge is -2.08. The Morgan fingerprint density at radius 3 is 2.32 bits per heavy atom. The van der Waals surface area contributed by atoms with Gasteiger partial charge in [0, 0.05) is 19.5 Å². The first-order valence-corrected chi connectivity index (χ1v) is 7.62. The van der Waals surface area contributed by atoms with Crippen LogP contribution in [-0.4, -0.2) is 16.7 Å². The normalized spacial score (nSPS) is 10.5. The van der Waals surface area contributed by atoms with Crippen LogP contribution in [-0.2, 0) is 18.3 Å². The molecule has 1 amide bonds. The molecule has 0 saturated carbocycles. The smallest absolute Gasteiger partial charge is 0.274 e. The van der Waals surface area contributed by atoms with Crippen LogP contribution in [0.2, 0.25) is 0 Å². The van der Waals surface area contributed by atoms with Gasteiger partial charge in [-0.25, -0.2) is 0 Å². The van der Waals surface area contributed by atoms with Crippen molar-refractivity contribution in [3.8, 4) is 0 Å². The molecule has 0 aromatic carbocycles. The highest BCUT2D eigenvalue weighted by Crippen LogP contribution is 2.07. The molecule has 0 aliphatic rings. The van der Waals surface area contributed by atoms with Crippen molar-refractivity contribution in [2.45, 2.75) is 47.0 Å². The molecule has 122 valence electrons. The van der Waals surface area contributed by atoms with Crippen LogP contribution in [0.25, 0.3) is 0 Å².